The van der Waals surface area contributed by atoms with Crippen LogP contribution in [0.2, 0.25) is 0 Å². The minimum Gasteiger partial charge on any atom is -0.466 e. The van der Waals surface area contributed by atoms with Gasteiger partial charge in [-0.15, -0.1) is 26.3 Å². The number of hydrogen-bond acceptors (Lipinski definition) is 13. The number of alkyl halides is 6. The molecule has 0 fully saturated rings. The van der Waals surface area contributed by atoms with Gasteiger partial charge in [0.15, 0.2) is 0 Å². The zero-order valence-corrected chi connectivity index (χ0v) is 50.4. The Balaban J connectivity index is 0.00000139. The maximum atomic E-state index is 13.4. The predicted octanol–water partition coefficient (Wildman–Crippen LogP) is 13.8. The quantitative estimate of drug-likeness (QED) is 0.0259. The highest BCUT2D eigenvalue weighted by molar-refractivity contribution is 5.95. The Labute approximate surface area is 486 Å². The summed E-state index contributed by atoms with van der Waals surface area (Å²) in [4.78, 5) is 70.7. The van der Waals surface area contributed by atoms with Crippen LogP contribution in [0.5, 0.6) is 11.5 Å². The maximum Gasteiger partial charge on any atom is 0.573 e. The number of esters is 3. The average molecular weight is 1180 g/mol. The van der Waals surface area contributed by atoms with Crippen molar-refractivity contribution in [3.63, 3.8) is 0 Å². The van der Waals surface area contributed by atoms with Crippen LogP contribution < -0.4 is 25.8 Å². The van der Waals surface area contributed by atoms with Gasteiger partial charge in [0.2, 0.25) is 0 Å². The van der Waals surface area contributed by atoms with Crippen molar-refractivity contribution >= 4 is 36.2 Å². The van der Waals surface area contributed by atoms with E-state index in [4.69, 9.17) is 14.2 Å². The van der Waals surface area contributed by atoms with E-state index in [-0.39, 0.29) is 85.2 Å². The zero-order chi connectivity index (χ0) is 63.6. The van der Waals surface area contributed by atoms with Crippen LogP contribution >= 0.6 is 0 Å². The van der Waals surface area contributed by atoms with E-state index < -0.39 is 36.2 Å². The highest BCUT2D eigenvalue weighted by atomic mass is 19.4. The van der Waals surface area contributed by atoms with Gasteiger partial charge in [-0.3, -0.25) is 28.8 Å². The molecule has 4 rings (SSSR count). The fraction of sp³-hybridized carbons (Fsp3) is 0.516. The maximum absolute atomic E-state index is 13.4. The molecule has 0 radical (unpaired) electrons. The Morgan fingerprint density at radius 3 is 1.19 bits per heavy atom. The van der Waals surface area contributed by atoms with Crippen LogP contribution in [-0.4, -0.2) is 93.5 Å². The Bertz CT molecular complexity index is 2490. The van der Waals surface area contributed by atoms with Crippen LogP contribution in [0.1, 0.15) is 195 Å². The van der Waals surface area contributed by atoms with Crippen LogP contribution in [0.3, 0.4) is 0 Å². The van der Waals surface area contributed by atoms with Crippen LogP contribution in [0.15, 0.2) is 97.1 Å². The van der Waals surface area contributed by atoms with Crippen molar-refractivity contribution in [3.8, 4) is 11.5 Å². The van der Waals surface area contributed by atoms with Crippen molar-refractivity contribution < 1.29 is 83.5 Å². The molecule has 464 valence electrons. The normalized spacial score (nSPS) is 12.5. The highest BCUT2D eigenvalue weighted by Gasteiger charge is 2.36. The van der Waals surface area contributed by atoms with Gasteiger partial charge in [0, 0.05) is 30.1 Å². The van der Waals surface area contributed by atoms with E-state index >= 15 is 0 Å². The van der Waals surface area contributed by atoms with E-state index in [1.807, 2.05) is 60.6 Å². The molecule has 83 heavy (non-hydrogen) atoms. The Kier molecular flexibility index (Phi) is 35.3. The SMILES string of the molecule is CC.CC(C)(C)OC=O.CCCC(c1ccc(C(=O)NCCC(=O)OCC)cc1)C(C(=O)OC(C)(C)C)c1ccc(OC(F)(F)F)cc1.CCC[C@@H](c1ccc(C(=O)NCCC(=O)OCC)cc1)[C@H](C)c1ccc(OC(F)(F)F)cc1.CN. The fourth-order valence-corrected chi connectivity index (χ4v) is 7.97. The first kappa shape index (κ1) is 75.8. The Morgan fingerprint density at radius 2 is 0.880 bits per heavy atom. The van der Waals surface area contributed by atoms with Gasteiger partial charge in [0.1, 0.15) is 22.7 Å². The van der Waals surface area contributed by atoms with Crippen LogP contribution in [0.4, 0.5) is 26.3 Å². The van der Waals surface area contributed by atoms with E-state index in [1.165, 1.54) is 43.4 Å². The molecule has 0 aliphatic carbocycles. The second kappa shape index (κ2) is 38.6. The molecule has 0 bridgehead atoms. The molecule has 15 nitrogen and oxygen atoms in total. The molecule has 0 aromatic heterocycles. The van der Waals surface area contributed by atoms with Gasteiger partial charge >= 0.3 is 30.6 Å². The summed E-state index contributed by atoms with van der Waals surface area (Å²) in [5, 5.41) is 5.37. The summed E-state index contributed by atoms with van der Waals surface area (Å²) in [6.45, 7) is 25.5. The minimum atomic E-state index is -4.83. The van der Waals surface area contributed by atoms with Crippen molar-refractivity contribution in [2.24, 2.45) is 5.73 Å². The number of halogens is 6. The van der Waals surface area contributed by atoms with Crippen molar-refractivity contribution in [3.05, 3.63) is 130 Å². The third-order valence-electron chi connectivity index (χ3n) is 11.4. The number of hydrogen-bond donors (Lipinski definition) is 3. The molecule has 0 saturated heterocycles. The number of rotatable bonds is 24. The second-order valence-electron chi connectivity index (χ2n) is 20.0. The van der Waals surface area contributed by atoms with E-state index in [9.17, 15) is 55.1 Å². The molecule has 21 heteroatoms. The lowest BCUT2D eigenvalue weighted by atomic mass is 9.78. The molecule has 4 atom stereocenters. The largest absolute Gasteiger partial charge is 0.573 e. The monoisotopic (exact) mass is 1180 g/mol. The molecular formula is C62H87F6N3O12. The van der Waals surface area contributed by atoms with Crippen molar-refractivity contribution in [2.45, 2.75) is 176 Å². The average Bonchev–Trinajstić information content (AvgIpc) is 3.62. The molecule has 4 aromatic carbocycles. The summed E-state index contributed by atoms with van der Waals surface area (Å²) in [7, 11) is 1.50. The van der Waals surface area contributed by atoms with Gasteiger partial charge in [-0.2, -0.15) is 0 Å². The van der Waals surface area contributed by atoms with Crippen LogP contribution in [0, 0.1) is 0 Å². The number of nitrogens with one attached hydrogen (secondary N) is 2. The summed E-state index contributed by atoms with van der Waals surface area (Å²) < 4.78 is 103. The first-order valence-electron chi connectivity index (χ1n) is 27.6. The van der Waals surface area contributed by atoms with Gasteiger partial charge in [-0.05, 0) is 158 Å². The second-order valence-corrected chi connectivity index (χ2v) is 20.0. The van der Waals surface area contributed by atoms with Crippen molar-refractivity contribution in [2.75, 3.05) is 33.4 Å². The van der Waals surface area contributed by atoms with E-state index in [0.717, 1.165) is 36.0 Å². The molecule has 0 saturated carbocycles. The molecular weight excluding hydrogens is 1090 g/mol. The van der Waals surface area contributed by atoms with Gasteiger partial charge in [-0.1, -0.05) is 96.0 Å². The number of carbonyl (C=O) groups is 6. The Hall–Kier alpha value is -7.16. The predicted molar refractivity (Wildman–Crippen MR) is 307 cm³/mol. The minimum absolute atomic E-state index is 0.0501. The van der Waals surface area contributed by atoms with Crippen molar-refractivity contribution in [1.29, 1.82) is 0 Å². The number of ether oxygens (including phenoxy) is 6. The fourth-order valence-electron chi connectivity index (χ4n) is 7.97. The Morgan fingerprint density at radius 1 is 0.530 bits per heavy atom. The first-order chi connectivity index (χ1) is 38.9. The smallest absolute Gasteiger partial charge is 0.466 e. The van der Waals surface area contributed by atoms with Crippen molar-refractivity contribution in [1.82, 2.24) is 10.6 Å². The summed E-state index contributed by atoms with van der Waals surface area (Å²) in [6.07, 6.45) is -6.27. The third-order valence-corrected chi connectivity index (χ3v) is 11.4. The van der Waals surface area contributed by atoms with Gasteiger partial charge < -0.3 is 44.8 Å². The zero-order valence-electron chi connectivity index (χ0n) is 50.4. The molecule has 4 N–H and O–H groups in total. The summed E-state index contributed by atoms with van der Waals surface area (Å²) in [6, 6.07) is 25.2. The standard InChI is InChI=1S/C29H36F3NO6.C25H30F3NO4.C5H10O2.C2H6.CH5N/c1-6-8-23(19-9-11-21(12-10-19)26(35)33-18-17-24(34)37-7-2)25(27(36)39-28(3,4)5)20-13-15-22(16-14-20)38-29(30,31)32;1-4-6-22(17(3)18-11-13-21(14-12-18)33-25(26,27)28)19-7-9-20(10-8-19)24(31)29-16-15-23(30)32-5-2;1-5(2,3)7-4-6;2*1-2/h9-16,23,25H,6-8,17-18H2,1-5H3,(H,33,35);7-14,17,22H,4-6,15-16H2,1-3H3,(H,29,31);4H,1-3H3;1-2H3;2H2,1H3/t;17-,22-;;;/m.1.../s1. The lowest BCUT2D eigenvalue weighted by Crippen LogP contribution is -2.31. The summed E-state index contributed by atoms with van der Waals surface area (Å²) in [5.74, 6) is -3.54. The molecule has 2 amide bonds. The van der Waals surface area contributed by atoms with Crippen LogP contribution in [-0.2, 0) is 38.1 Å². The third kappa shape index (κ3) is 31.7. The highest BCUT2D eigenvalue weighted by Crippen LogP contribution is 2.40. The topological polar surface area (TPSA) is 208 Å². The number of benzene rings is 4. The van der Waals surface area contributed by atoms with E-state index in [0.29, 0.717) is 36.2 Å². The molecule has 0 aliphatic heterocycles. The van der Waals surface area contributed by atoms with Gasteiger partial charge in [0.05, 0.1) is 32.0 Å². The molecule has 0 aliphatic rings. The van der Waals surface area contributed by atoms with Gasteiger partial charge in [0.25, 0.3) is 18.3 Å². The molecule has 2 unspecified atom stereocenters. The molecule has 0 spiro atoms. The molecule has 4 aromatic rings. The number of amides is 2. The summed E-state index contributed by atoms with van der Waals surface area (Å²) >= 11 is 0. The lowest BCUT2D eigenvalue weighted by molar-refractivity contribution is -0.275. The lowest BCUT2D eigenvalue weighted by Gasteiger charge is -2.30. The first-order valence-corrected chi connectivity index (χ1v) is 27.6. The van der Waals surface area contributed by atoms with Gasteiger partial charge in [-0.25, -0.2) is 0 Å². The number of carbonyl (C=O) groups excluding carboxylic acids is 6. The summed E-state index contributed by atoms with van der Waals surface area (Å²) in [5.41, 5.74) is 7.47. The van der Waals surface area contributed by atoms with Crippen LogP contribution in [0.25, 0.3) is 0 Å². The molecule has 0 heterocycles. The van der Waals surface area contributed by atoms with E-state index in [1.54, 1.807) is 83.1 Å². The van der Waals surface area contributed by atoms with E-state index in [2.05, 4.69) is 37.5 Å². The number of nitrogens with two attached hydrogens (primary N) is 1.